The minimum absolute atomic E-state index is 0.196. The summed E-state index contributed by atoms with van der Waals surface area (Å²) in [5, 5.41) is 8.75. The van der Waals surface area contributed by atoms with Gasteiger partial charge in [0.25, 0.3) is 0 Å². The van der Waals surface area contributed by atoms with Gasteiger partial charge >= 0.3 is 5.97 Å². The van der Waals surface area contributed by atoms with Gasteiger partial charge in [0, 0.05) is 12.0 Å². The number of carboxylic acids is 1. The summed E-state index contributed by atoms with van der Waals surface area (Å²) >= 11 is 0. The van der Waals surface area contributed by atoms with Gasteiger partial charge in [-0.25, -0.2) is 4.79 Å². The molecule has 2 atom stereocenters. The summed E-state index contributed by atoms with van der Waals surface area (Å²) in [7, 11) is 0. The normalized spacial score (nSPS) is 13.8. The van der Waals surface area contributed by atoms with Crippen LogP contribution in [0.4, 0.5) is 0 Å². The molecule has 5 heteroatoms. The van der Waals surface area contributed by atoms with Crippen molar-refractivity contribution in [3.8, 4) is 0 Å². The standard InChI is InChI=1S/C9H13NO4/c1-3-6-14-10-8(9(12)13)7(2)4-5-11/h3-4,7-8,10H,1,6H2,2H3,(H,12,13)/t7?,8-/m0/s1. The second-order valence-electron chi connectivity index (χ2n) is 2.68. The molecule has 0 aromatic carbocycles. The molecule has 0 saturated carbocycles. The summed E-state index contributed by atoms with van der Waals surface area (Å²) in [6, 6.07) is -0.962. The van der Waals surface area contributed by atoms with Crippen molar-refractivity contribution in [3.05, 3.63) is 18.7 Å². The Morgan fingerprint density at radius 3 is 2.86 bits per heavy atom. The first kappa shape index (κ1) is 12.6. The van der Waals surface area contributed by atoms with Crippen LogP contribution in [-0.2, 0) is 14.4 Å². The number of hydrogen-bond acceptors (Lipinski definition) is 4. The molecule has 0 amide bonds. The van der Waals surface area contributed by atoms with E-state index in [1.54, 1.807) is 6.92 Å². The van der Waals surface area contributed by atoms with Gasteiger partial charge in [-0.05, 0) is 0 Å². The predicted octanol–water partition coefficient (Wildman–Crippen LogP) is 0.171. The molecule has 0 aliphatic heterocycles. The fourth-order valence-electron chi connectivity index (χ4n) is 0.783. The predicted molar refractivity (Wildman–Crippen MR) is 50.1 cm³/mol. The molecule has 0 bridgehead atoms. The van der Waals surface area contributed by atoms with E-state index in [9.17, 15) is 9.59 Å². The number of carboxylic acid groups (broad SMARTS) is 1. The Morgan fingerprint density at radius 2 is 2.43 bits per heavy atom. The van der Waals surface area contributed by atoms with Crippen molar-refractivity contribution >= 4 is 11.9 Å². The number of carbonyl (C=O) groups excluding carboxylic acids is 1. The zero-order valence-corrected chi connectivity index (χ0v) is 7.90. The monoisotopic (exact) mass is 199 g/mol. The van der Waals surface area contributed by atoms with Crippen molar-refractivity contribution in [1.29, 1.82) is 0 Å². The number of nitrogens with one attached hydrogen (secondary N) is 1. The summed E-state index contributed by atoms with van der Waals surface area (Å²) in [6.45, 7) is 5.17. The van der Waals surface area contributed by atoms with Crippen molar-refractivity contribution in [3.63, 3.8) is 0 Å². The van der Waals surface area contributed by atoms with Gasteiger partial charge in [0.2, 0.25) is 0 Å². The molecule has 2 N–H and O–H groups in total. The van der Waals surface area contributed by atoms with Gasteiger partial charge in [-0.15, -0.1) is 6.58 Å². The van der Waals surface area contributed by atoms with Crippen LogP contribution in [0, 0.1) is 5.92 Å². The number of hydroxylamine groups is 1. The Bertz CT molecular complexity index is 245. The largest absolute Gasteiger partial charge is 0.480 e. The van der Waals surface area contributed by atoms with Crippen molar-refractivity contribution < 1.29 is 19.5 Å². The molecule has 0 aliphatic rings. The minimum Gasteiger partial charge on any atom is -0.480 e. The molecule has 0 spiro atoms. The van der Waals surface area contributed by atoms with Gasteiger partial charge in [0.05, 0.1) is 6.61 Å². The Morgan fingerprint density at radius 1 is 1.79 bits per heavy atom. The molecule has 0 aromatic heterocycles. The maximum atomic E-state index is 10.7. The smallest absolute Gasteiger partial charge is 0.323 e. The lowest BCUT2D eigenvalue weighted by molar-refractivity contribution is -0.145. The van der Waals surface area contributed by atoms with E-state index in [-0.39, 0.29) is 6.61 Å². The van der Waals surface area contributed by atoms with E-state index in [4.69, 9.17) is 9.94 Å². The molecule has 0 aromatic rings. The summed E-state index contributed by atoms with van der Waals surface area (Å²) in [6.07, 6.45) is 2.61. The van der Waals surface area contributed by atoms with Crippen molar-refractivity contribution in [2.24, 2.45) is 5.92 Å². The van der Waals surface area contributed by atoms with Crippen LogP contribution in [0.1, 0.15) is 6.92 Å². The van der Waals surface area contributed by atoms with Gasteiger partial charge in [-0.3, -0.25) is 9.63 Å². The zero-order valence-electron chi connectivity index (χ0n) is 7.90. The molecular formula is C9H13NO4. The average molecular weight is 199 g/mol. The number of carbonyl (C=O) groups is 1. The highest BCUT2D eigenvalue weighted by atomic mass is 16.6. The van der Waals surface area contributed by atoms with Crippen molar-refractivity contribution in [2.75, 3.05) is 6.61 Å². The second-order valence-corrected chi connectivity index (χ2v) is 2.68. The van der Waals surface area contributed by atoms with Gasteiger partial charge in [0.15, 0.2) is 0 Å². The highest BCUT2D eigenvalue weighted by Gasteiger charge is 2.22. The first-order valence-electron chi connectivity index (χ1n) is 4.05. The van der Waals surface area contributed by atoms with E-state index in [1.807, 2.05) is 0 Å². The van der Waals surface area contributed by atoms with E-state index in [1.165, 1.54) is 12.0 Å². The average Bonchev–Trinajstić information content (AvgIpc) is 2.12. The van der Waals surface area contributed by atoms with Crippen LogP contribution in [0.5, 0.6) is 0 Å². The van der Waals surface area contributed by atoms with E-state index >= 15 is 0 Å². The van der Waals surface area contributed by atoms with Gasteiger partial charge in [-0.2, -0.15) is 5.48 Å². The number of hydrogen-bond donors (Lipinski definition) is 2. The number of aliphatic carboxylic acids is 1. The molecule has 14 heavy (non-hydrogen) atoms. The third kappa shape index (κ3) is 4.57. The van der Waals surface area contributed by atoms with Gasteiger partial charge in [-0.1, -0.05) is 13.0 Å². The van der Waals surface area contributed by atoms with E-state index in [0.29, 0.717) is 0 Å². The lowest BCUT2D eigenvalue weighted by Crippen LogP contribution is -2.41. The summed E-state index contributed by atoms with van der Waals surface area (Å²) in [5.74, 6) is -0.0415. The Hall–Kier alpha value is -1.42. The van der Waals surface area contributed by atoms with Crippen LogP contribution >= 0.6 is 0 Å². The van der Waals surface area contributed by atoms with Crippen LogP contribution in [0.3, 0.4) is 0 Å². The molecule has 0 rings (SSSR count). The van der Waals surface area contributed by atoms with E-state index in [2.05, 4.69) is 12.1 Å². The molecule has 0 saturated heterocycles. The Labute approximate surface area is 82.0 Å². The quantitative estimate of drug-likeness (QED) is 0.264. The molecule has 5 nitrogen and oxygen atoms in total. The summed E-state index contributed by atoms with van der Waals surface area (Å²) < 4.78 is 0. The maximum absolute atomic E-state index is 10.7. The fraction of sp³-hybridized carbons (Fsp3) is 0.444. The molecule has 0 heterocycles. The topological polar surface area (TPSA) is 75.6 Å². The van der Waals surface area contributed by atoms with Crippen LogP contribution in [0.2, 0.25) is 0 Å². The highest BCUT2D eigenvalue weighted by Crippen LogP contribution is 2.03. The maximum Gasteiger partial charge on any atom is 0.323 e. The third-order valence-corrected chi connectivity index (χ3v) is 1.53. The lowest BCUT2D eigenvalue weighted by atomic mass is 10.0. The van der Waals surface area contributed by atoms with Crippen LogP contribution in [0.15, 0.2) is 18.7 Å². The molecule has 0 radical (unpaired) electrons. The summed E-state index contributed by atoms with van der Waals surface area (Å²) in [5.41, 5.74) is 2.32. The van der Waals surface area contributed by atoms with Crippen LogP contribution in [-0.4, -0.2) is 29.7 Å². The lowest BCUT2D eigenvalue weighted by Gasteiger charge is -2.16. The Kier molecular flexibility index (Phi) is 6.32. The SMILES string of the molecule is C=CCON[C@H](C(=O)O)C(C)C=C=O. The molecular weight excluding hydrogens is 186 g/mol. The first-order valence-corrected chi connectivity index (χ1v) is 4.05. The molecule has 1 unspecified atom stereocenters. The Balaban J connectivity index is 4.20. The van der Waals surface area contributed by atoms with E-state index < -0.39 is 17.9 Å². The van der Waals surface area contributed by atoms with Gasteiger partial charge in [0.1, 0.15) is 12.0 Å². The van der Waals surface area contributed by atoms with Gasteiger partial charge < -0.3 is 5.11 Å². The van der Waals surface area contributed by atoms with Crippen molar-refractivity contribution in [1.82, 2.24) is 5.48 Å². The molecule has 0 fully saturated rings. The third-order valence-electron chi connectivity index (χ3n) is 1.53. The first-order chi connectivity index (χ1) is 6.63. The second kappa shape index (κ2) is 7.03. The van der Waals surface area contributed by atoms with Crippen LogP contribution < -0.4 is 5.48 Å². The number of rotatable bonds is 7. The molecule has 78 valence electrons. The van der Waals surface area contributed by atoms with Crippen molar-refractivity contribution in [2.45, 2.75) is 13.0 Å². The molecule has 0 aliphatic carbocycles. The highest BCUT2D eigenvalue weighted by molar-refractivity contribution is 5.74. The fourth-order valence-corrected chi connectivity index (χ4v) is 0.783. The summed E-state index contributed by atoms with van der Waals surface area (Å²) in [4.78, 5) is 25.5. The van der Waals surface area contributed by atoms with Crippen LogP contribution in [0.25, 0.3) is 0 Å². The zero-order chi connectivity index (χ0) is 11.0. The van der Waals surface area contributed by atoms with E-state index in [0.717, 1.165) is 6.08 Å². The minimum atomic E-state index is -1.09.